The van der Waals surface area contributed by atoms with Gasteiger partial charge in [-0.2, -0.15) is 4.52 Å². The van der Waals surface area contributed by atoms with Crippen molar-refractivity contribution in [3.05, 3.63) is 23.9 Å². The van der Waals surface area contributed by atoms with Crippen LogP contribution in [-0.2, 0) is 0 Å². The van der Waals surface area contributed by atoms with Crippen molar-refractivity contribution >= 4 is 11.6 Å². The van der Waals surface area contributed by atoms with Gasteiger partial charge < -0.3 is 15.1 Å². The minimum absolute atomic E-state index is 0.0637. The zero-order valence-electron chi connectivity index (χ0n) is 10.8. The van der Waals surface area contributed by atoms with E-state index in [1.165, 1.54) is 4.52 Å². The lowest BCUT2D eigenvalue weighted by molar-refractivity contribution is 0.000547. The van der Waals surface area contributed by atoms with Gasteiger partial charge >= 0.3 is 0 Å². The van der Waals surface area contributed by atoms with E-state index in [1.807, 2.05) is 0 Å². The standard InChI is InChI=1S/C12H15N5O3/c18-7-8-4-5-16(6-10(8)19)12(20)9-2-1-3-11-13-14-15-17(9)11/h1-3,8,10,18-19H,4-7H2/t8-,10-/m1/s1. The molecule has 0 spiro atoms. The van der Waals surface area contributed by atoms with Crippen molar-refractivity contribution in [3.8, 4) is 0 Å². The maximum absolute atomic E-state index is 12.5. The molecule has 2 N–H and O–H groups in total. The van der Waals surface area contributed by atoms with Crippen molar-refractivity contribution in [1.29, 1.82) is 0 Å². The smallest absolute Gasteiger partial charge is 0.272 e. The van der Waals surface area contributed by atoms with E-state index in [0.29, 0.717) is 24.3 Å². The molecule has 3 rings (SSSR count). The summed E-state index contributed by atoms with van der Waals surface area (Å²) in [6.45, 7) is 0.647. The number of carbonyl (C=O) groups is 1. The summed E-state index contributed by atoms with van der Waals surface area (Å²) in [4.78, 5) is 14.1. The monoisotopic (exact) mass is 277 g/mol. The van der Waals surface area contributed by atoms with Gasteiger partial charge in [-0.1, -0.05) is 6.07 Å². The first-order valence-corrected chi connectivity index (χ1v) is 6.46. The molecule has 2 aromatic heterocycles. The van der Waals surface area contributed by atoms with Gasteiger partial charge in [-0.25, -0.2) is 0 Å². The van der Waals surface area contributed by atoms with Crippen molar-refractivity contribution in [3.63, 3.8) is 0 Å². The Morgan fingerprint density at radius 1 is 1.45 bits per heavy atom. The Morgan fingerprint density at radius 3 is 3.05 bits per heavy atom. The predicted molar refractivity (Wildman–Crippen MR) is 67.9 cm³/mol. The van der Waals surface area contributed by atoms with Crippen LogP contribution < -0.4 is 0 Å². The number of tetrazole rings is 1. The van der Waals surface area contributed by atoms with Gasteiger partial charge in [-0.05, 0) is 29.0 Å². The van der Waals surface area contributed by atoms with Crippen LogP contribution in [0.15, 0.2) is 18.2 Å². The van der Waals surface area contributed by atoms with Crippen LogP contribution >= 0.6 is 0 Å². The van der Waals surface area contributed by atoms with Crippen LogP contribution in [0.5, 0.6) is 0 Å². The summed E-state index contributed by atoms with van der Waals surface area (Å²) >= 11 is 0. The van der Waals surface area contributed by atoms with Gasteiger partial charge in [-0.15, -0.1) is 5.10 Å². The Bertz CT molecular complexity index is 628. The summed E-state index contributed by atoms with van der Waals surface area (Å²) in [5.74, 6) is -0.388. The number of β-amino-alcohol motifs (C(OH)–C–C–N with tert-alkyl or cyclic N) is 1. The van der Waals surface area contributed by atoms with E-state index >= 15 is 0 Å². The molecule has 1 aliphatic rings. The van der Waals surface area contributed by atoms with Crippen molar-refractivity contribution in [2.75, 3.05) is 19.7 Å². The van der Waals surface area contributed by atoms with E-state index in [2.05, 4.69) is 15.5 Å². The molecule has 0 aliphatic carbocycles. The van der Waals surface area contributed by atoms with Crippen LogP contribution in [0.3, 0.4) is 0 Å². The van der Waals surface area contributed by atoms with E-state index < -0.39 is 6.10 Å². The first-order chi connectivity index (χ1) is 9.70. The number of pyridine rings is 1. The molecule has 0 bridgehead atoms. The predicted octanol–water partition coefficient (Wildman–Crippen LogP) is -1.06. The third-order valence-electron chi connectivity index (χ3n) is 3.68. The molecular weight excluding hydrogens is 262 g/mol. The molecule has 0 saturated carbocycles. The van der Waals surface area contributed by atoms with Gasteiger partial charge in [0.05, 0.1) is 6.10 Å². The molecule has 8 nitrogen and oxygen atoms in total. The summed E-state index contributed by atoms with van der Waals surface area (Å²) in [7, 11) is 0. The lowest BCUT2D eigenvalue weighted by Gasteiger charge is -2.35. The Balaban J connectivity index is 1.84. The minimum Gasteiger partial charge on any atom is -0.396 e. The number of rotatable bonds is 2. The first-order valence-electron chi connectivity index (χ1n) is 6.46. The van der Waals surface area contributed by atoms with Crippen molar-refractivity contribution in [2.45, 2.75) is 12.5 Å². The average Bonchev–Trinajstić information content (AvgIpc) is 2.94. The Labute approximate surface area is 114 Å². The molecule has 8 heteroatoms. The highest BCUT2D eigenvalue weighted by Gasteiger charge is 2.31. The fourth-order valence-corrected chi connectivity index (χ4v) is 2.47. The zero-order valence-corrected chi connectivity index (χ0v) is 10.8. The van der Waals surface area contributed by atoms with E-state index in [9.17, 15) is 9.90 Å². The number of nitrogens with zero attached hydrogens (tertiary/aromatic N) is 5. The fraction of sp³-hybridized carbons (Fsp3) is 0.500. The second-order valence-electron chi connectivity index (χ2n) is 4.91. The van der Waals surface area contributed by atoms with Gasteiger partial charge in [-0.3, -0.25) is 4.79 Å². The van der Waals surface area contributed by atoms with Gasteiger partial charge in [0.2, 0.25) is 0 Å². The maximum atomic E-state index is 12.5. The lowest BCUT2D eigenvalue weighted by Crippen LogP contribution is -2.47. The van der Waals surface area contributed by atoms with Crippen LogP contribution in [0.2, 0.25) is 0 Å². The summed E-state index contributed by atoms with van der Waals surface area (Å²) in [5.41, 5.74) is 0.865. The number of hydrogen-bond acceptors (Lipinski definition) is 6. The van der Waals surface area contributed by atoms with E-state index in [4.69, 9.17) is 5.11 Å². The fourth-order valence-electron chi connectivity index (χ4n) is 2.47. The Morgan fingerprint density at radius 2 is 2.30 bits per heavy atom. The van der Waals surface area contributed by atoms with Crippen molar-refractivity contribution < 1.29 is 15.0 Å². The average molecular weight is 277 g/mol. The third kappa shape index (κ3) is 2.12. The number of aromatic nitrogens is 4. The van der Waals surface area contributed by atoms with Crippen LogP contribution in [-0.4, -0.2) is 66.9 Å². The molecule has 20 heavy (non-hydrogen) atoms. The molecule has 0 radical (unpaired) electrons. The van der Waals surface area contributed by atoms with Gasteiger partial charge in [0.25, 0.3) is 5.91 Å². The second kappa shape index (κ2) is 5.14. The van der Waals surface area contributed by atoms with Gasteiger partial charge in [0, 0.05) is 25.6 Å². The topological polar surface area (TPSA) is 104 Å². The van der Waals surface area contributed by atoms with E-state index in [1.54, 1.807) is 23.1 Å². The molecule has 1 fully saturated rings. The van der Waals surface area contributed by atoms with Crippen LogP contribution in [0.25, 0.3) is 5.65 Å². The highest BCUT2D eigenvalue weighted by atomic mass is 16.3. The summed E-state index contributed by atoms with van der Waals surface area (Å²) in [6.07, 6.45) is -0.125. The Hall–Kier alpha value is -2.06. The van der Waals surface area contributed by atoms with E-state index in [0.717, 1.165) is 0 Å². The largest absolute Gasteiger partial charge is 0.396 e. The summed E-state index contributed by atoms with van der Waals surface area (Å²) in [6, 6.07) is 5.08. The number of aliphatic hydroxyl groups excluding tert-OH is 2. The molecule has 2 aromatic rings. The second-order valence-corrected chi connectivity index (χ2v) is 4.91. The first kappa shape index (κ1) is 12.9. The zero-order chi connectivity index (χ0) is 14.1. The van der Waals surface area contributed by atoms with Crippen LogP contribution in [0.4, 0.5) is 0 Å². The van der Waals surface area contributed by atoms with E-state index in [-0.39, 0.29) is 25.0 Å². The highest BCUT2D eigenvalue weighted by molar-refractivity contribution is 5.93. The number of likely N-dealkylation sites (tertiary alicyclic amines) is 1. The van der Waals surface area contributed by atoms with Crippen LogP contribution in [0.1, 0.15) is 16.9 Å². The van der Waals surface area contributed by atoms with Crippen molar-refractivity contribution in [1.82, 2.24) is 24.9 Å². The third-order valence-corrected chi connectivity index (χ3v) is 3.68. The van der Waals surface area contributed by atoms with Gasteiger partial charge in [0.1, 0.15) is 5.69 Å². The molecular formula is C12H15N5O3. The van der Waals surface area contributed by atoms with Crippen molar-refractivity contribution in [2.24, 2.45) is 5.92 Å². The summed E-state index contributed by atoms with van der Waals surface area (Å²) < 4.78 is 1.38. The normalized spacial score (nSPS) is 23.2. The molecule has 2 atom stereocenters. The molecule has 0 aromatic carbocycles. The number of aliphatic hydroxyl groups is 2. The molecule has 1 amide bonds. The molecule has 0 unspecified atom stereocenters. The lowest BCUT2D eigenvalue weighted by atomic mass is 9.94. The number of carbonyl (C=O) groups excluding carboxylic acids is 1. The molecule has 1 aliphatic heterocycles. The van der Waals surface area contributed by atoms with Gasteiger partial charge in [0.15, 0.2) is 5.65 Å². The minimum atomic E-state index is -0.703. The molecule has 3 heterocycles. The number of amides is 1. The molecule has 106 valence electrons. The summed E-state index contributed by atoms with van der Waals surface area (Å²) in [5, 5.41) is 30.2. The number of piperidine rings is 1. The van der Waals surface area contributed by atoms with Crippen LogP contribution in [0, 0.1) is 5.92 Å². The number of hydrogen-bond donors (Lipinski definition) is 2. The highest BCUT2D eigenvalue weighted by Crippen LogP contribution is 2.19. The maximum Gasteiger partial charge on any atom is 0.272 e. The quantitative estimate of drug-likeness (QED) is 0.725. The Kier molecular flexibility index (Phi) is 3.33. The number of fused-ring (bicyclic) bond motifs is 1. The SMILES string of the molecule is O=C(c1cccc2nnnn12)N1CC[C@H](CO)[C@H](O)C1. The molecule has 1 saturated heterocycles.